The van der Waals surface area contributed by atoms with Gasteiger partial charge in [-0.15, -0.1) is 23.1 Å². The summed E-state index contributed by atoms with van der Waals surface area (Å²) in [5, 5.41) is 14.3. The van der Waals surface area contributed by atoms with Crippen molar-refractivity contribution >= 4 is 45.3 Å². The molecule has 0 bridgehead atoms. The molecule has 1 unspecified atom stereocenters. The zero-order chi connectivity index (χ0) is 11.5. The quantitative estimate of drug-likeness (QED) is 0.810. The lowest BCUT2D eigenvalue weighted by Crippen LogP contribution is -2.21. The number of thioether (sulfide) groups is 1. The molecule has 16 heavy (non-hydrogen) atoms. The zero-order valence-electron chi connectivity index (χ0n) is 7.87. The molecule has 0 fully saturated rings. The summed E-state index contributed by atoms with van der Waals surface area (Å²) < 4.78 is 0. The minimum atomic E-state index is -0.688. The third-order valence-corrected chi connectivity index (χ3v) is 3.40. The number of rotatable bonds is 3. The van der Waals surface area contributed by atoms with E-state index in [2.05, 4.69) is 15.3 Å². The predicted molar refractivity (Wildman–Crippen MR) is 59.2 cm³/mol. The van der Waals surface area contributed by atoms with Gasteiger partial charge in [0.05, 0.1) is 5.25 Å². The van der Waals surface area contributed by atoms with Gasteiger partial charge in [0.15, 0.2) is 5.13 Å². The van der Waals surface area contributed by atoms with E-state index in [-0.39, 0.29) is 12.3 Å². The Labute approximate surface area is 98.8 Å². The highest BCUT2D eigenvalue weighted by Gasteiger charge is 2.26. The second-order valence-corrected chi connectivity index (χ2v) is 4.96. The molecule has 0 saturated heterocycles. The maximum Gasteiger partial charge on any atom is 0.259 e. The van der Waals surface area contributed by atoms with Crippen LogP contribution in [-0.2, 0) is 9.59 Å². The molecule has 84 valence electrons. The molecule has 1 aliphatic heterocycles. The van der Waals surface area contributed by atoms with Gasteiger partial charge in [0.25, 0.3) is 5.91 Å². The van der Waals surface area contributed by atoms with Crippen LogP contribution >= 0.6 is 23.1 Å². The highest BCUT2D eigenvalue weighted by Crippen LogP contribution is 2.23. The number of aliphatic imine (C=N–C) groups is 1. The van der Waals surface area contributed by atoms with Crippen LogP contribution in [0.5, 0.6) is 0 Å². The molecule has 1 atom stereocenters. The average Bonchev–Trinajstić information content (AvgIpc) is 2.78. The molecule has 8 heteroatoms. The summed E-state index contributed by atoms with van der Waals surface area (Å²) in [6.45, 7) is 0. The van der Waals surface area contributed by atoms with Crippen molar-refractivity contribution in [2.45, 2.75) is 11.7 Å². The third kappa shape index (κ3) is 2.58. The van der Waals surface area contributed by atoms with Crippen molar-refractivity contribution in [1.82, 2.24) is 4.98 Å². The maximum absolute atomic E-state index is 11.5. The molecule has 0 spiro atoms. The number of nitrogens with zero attached hydrogens (tertiary/aromatic N) is 2. The van der Waals surface area contributed by atoms with Gasteiger partial charge in [0.2, 0.25) is 5.91 Å². The topological polar surface area (TPSA) is 94.5 Å². The van der Waals surface area contributed by atoms with E-state index in [4.69, 9.17) is 0 Å². The molecule has 1 aromatic rings. The Morgan fingerprint density at radius 3 is 3.00 bits per heavy atom. The molecule has 2 heterocycles. The van der Waals surface area contributed by atoms with E-state index >= 15 is 0 Å². The Morgan fingerprint density at radius 2 is 2.44 bits per heavy atom. The van der Waals surface area contributed by atoms with Gasteiger partial charge in [0, 0.05) is 23.2 Å². The van der Waals surface area contributed by atoms with Gasteiger partial charge < -0.3 is 10.4 Å². The molecule has 2 rings (SSSR count). The normalized spacial score (nSPS) is 19.6. The van der Waals surface area contributed by atoms with Crippen molar-refractivity contribution in [3.05, 3.63) is 11.6 Å². The highest BCUT2D eigenvalue weighted by molar-refractivity contribution is 8.14. The monoisotopic (exact) mass is 256 g/mol. The fourth-order valence-corrected chi connectivity index (χ4v) is 2.43. The van der Waals surface area contributed by atoms with E-state index in [1.54, 1.807) is 11.6 Å². The summed E-state index contributed by atoms with van der Waals surface area (Å²) in [5.74, 6) is -0.880. The van der Waals surface area contributed by atoms with E-state index < -0.39 is 16.4 Å². The van der Waals surface area contributed by atoms with E-state index in [9.17, 15) is 14.7 Å². The number of thiazole rings is 1. The van der Waals surface area contributed by atoms with Crippen LogP contribution in [0, 0.1) is 0 Å². The van der Waals surface area contributed by atoms with E-state index in [0.717, 1.165) is 11.8 Å². The second kappa shape index (κ2) is 4.62. The number of hydrogen-bond donors (Lipinski definition) is 1. The largest absolute Gasteiger partial charge is 0.854 e. The predicted octanol–water partition coefficient (Wildman–Crippen LogP) is -0.170. The molecule has 0 radical (unpaired) electrons. The standard InChI is InChI=1S/C8H7N3O3S2/c12-5(10-7-9-1-2-15-7)3-4-6(13)11-8(14)16-4/h1-2,4H,3H2,(H,9,10,12)(H,11,13,14)/p-1. The first-order valence-corrected chi connectivity index (χ1v) is 6.06. The van der Waals surface area contributed by atoms with Crippen LogP contribution in [0.1, 0.15) is 6.42 Å². The molecule has 1 aromatic heterocycles. The number of nitrogens with one attached hydrogen (secondary N) is 1. The number of anilines is 1. The van der Waals surface area contributed by atoms with E-state index in [1.165, 1.54) is 11.3 Å². The molecule has 1 aliphatic rings. The lowest BCUT2D eigenvalue weighted by Gasteiger charge is -2.07. The van der Waals surface area contributed by atoms with Crippen LogP contribution in [0.15, 0.2) is 16.6 Å². The Balaban J connectivity index is 1.87. The number of aromatic nitrogens is 1. The molecular formula is C8H6N3O3S2-. The van der Waals surface area contributed by atoms with Gasteiger partial charge in [-0.3, -0.25) is 9.59 Å². The van der Waals surface area contributed by atoms with E-state index in [0.29, 0.717) is 5.13 Å². The summed E-state index contributed by atoms with van der Waals surface area (Å²) in [6, 6.07) is 0. The minimum absolute atomic E-state index is 0.0572. The Morgan fingerprint density at radius 1 is 1.62 bits per heavy atom. The number of hydrogen-bond acceptors (Lipinski definition) is 6. The van der Waals surface area contributed by atoms with Crippen molar-refractivity contribution in [3.63, 3.8) is 0 Å². The molecule has 0 aliphatic carbocycles. The lowest BCUT2D eigenvalue weighted by atomic mass is 10.3. The van der Waals surface area contributed by atoms with Gasteiger partial charge in [-0.25, -0.2) is 9.98 Å². The first kappa shape index (κ1) is 11.1. The van der Waals surface area contributed by atoms with Crippen LogP contribution in [0.2, 0.25) is 0 Å². The smallest absolute Gasteiger partial charge is 0.259 e. The summed E-state index contributed by atoms with van der Waals surface area (Å²) in [7, 11) is 0. The Hall–Kier alpha value is -1.41. The number of carbonyl (C=O) groups excluding carboxylic acids is 2. The molecular weight excluding hydrogens is 250 g/mol. The zero-order valence-corrected chi connectivity index (χ0v) is 9.51. The van der Waals surface area contributed by atoms with Crippen LogP contribution in [0.25, 0.3) is 0 Å². The van der Waals surface area contributed by atoms with E-state index in [1.807, 2.05) is 0 Å². The third-order valence-electron chi connectivity index (χ3n) is 1.77. The van der Waals surface area contributed by atoms with Crippen LogP contribution in [-0.4, -0.2) is 27.3 Å². The van der Waals surface area contributed by atoms with Gasteiger partial charge >= 0.3 is 0 Å². The second-order valence-electron chi connectivity index (χ2n) is 2.91. The van der Waals surface area contributed by atoms with Gasteiger partial charge in [-0.05, 0) is 0 Å². The van der Waals surface area contributed by atoms with Crippen molar-refractivity contribution in [3.8, 4) is 0 Å². The minimum Gasteiger partial charge on any atom is -0.854 e. The molecule has 0 saturated carbocycles. The lowest BCUT2D eigenvalue weighted by molar-refractivity contribution is -0.205. The van der Waals surface area contributed by atoms with Crippen LogP contribution < -0.4 is 10.4 Å². The summed E-state index contributed by atoms with van der Waals surface area (Å²) in [5.41, 5.74) is 0. The molecule has 1 N–H and O–H groups in total. The molecule has 0 aromatic carbocycles. The van der Waals surface area contributed by atoms with Crippen molar-refractivity contribution < 1.29 is 14.7 Å². The summed E-state index contributed by atoms with van der Waals surface area (Å²) in [6.07, 6.45) is 1.51. The SMILES string of the molecule is O=C(CC1SC([O-])=NC1=O)Nc1nccs1. The van der Waals surface area contributed by atoms with Gasteiger partial charge in [-0.1, -0.05) is 0 Å². The number of carbonyl (C=O) groups is 2. The Bertz CT molecular complexity index is 443. The van der Waals surface area contributed by atoms with Crippen molar-refractivity contribution in [2.75, 3.05) is 5.32 Å². The van der Waals surface area contributed by atoms with Crippen LogP contribution in [0.4, 0.5) is 5.13 Å². The first-order chi connectivity index (χ1) is 7.65. The van der Waals surface area contributed by atoms with Gasteiger partial charge in [-0.2, -0.15) is 0 Å². The highest BCUT2D eigenvalue weighted by atomic mass is 32.2. The van der Waals surface area contributed by atoms with Crippen molar-refractivity contribution in [1.29, 1.82) is 0 Å². The molecule has 6 nitrogen and oxygen atoms in total. The maximum atomic E-state index is 11.5. The molecule has 2 amide bonds. The summed E-state index contributed by atoms with van der Waals surface area (Å²) in [4.78, 5) is 29.7. The summed E-state index contributed by atoms with van der Waals surface area (Å²) >= 11 is 2.07. The average molecular weight is 256 g/mol. The van der Waals surface area contributed by atoms with Gasteiger partial charge in [0.1, 0.15) is 0 Å². The van der Waals surface area contributed by atoms with Crippen molar-refractivity contribution in [2.24, 2.45) is 4.99 Å². The Kier molecular flexibility index (Phi) is 3.20. The fourth-order valence-electron chi connectivity index (χ4n) is 1.11. The fraction of sp³-hybridized carbons (Fsp3) is 0.250. The first-order valence-electron chi connectivity index (χ1n) is 4.30. The van der Waals surface area contributed by atoms with Crippen LogP contribution in [0.3, 0.4) is 0 Å². The number of amides is 2.